The normalized spacial score (nSPS) is 20.3. The number of rotatable bonds is 2. The number of pyridine rings is 1. The third-order valence-corrected chi connectivity index (χ3v) is 5.00. The number of hydrogen-bond donors (Lipinski definition) is 1. The molecule has 126 valence electrons. The van der Waals surface area contributed by atoms with Crippen LogP contribution >= 0.6 is 0 Å². The molecule has 2 aliphatic heterocycles. The number of carbonyl (C=O) groups is 1. The van der Waals surface area contributed by atoms with Crippen LogP contribution in [0, 0.1) is 0 Å². The summed E-state index contributed by atoms with van der Waals surface area (Å²) in [4.78, 5) is 33.4. The lowest BCUT2D eigenvalue weighted by Gasteiger charge is -2.45. The number of piperidine rings is 1. The number of hydrogen-bond acceptors (Lipinski definition) is 5. The quantitative estimate of drug-likeness (QED) is 0.838. The van der Waals surface area contributed by atoms with E-state index in [-0.39, 0.29) is 23.1 Å². The number of amides is 1. The molecular weight excluding hydrogens is 308 g/mol. The summed E-state index contributed by atoms with van der Waals surface area (Å²) in [7, 11) is 0. The Bertz CT molecular complexity index is 820. The molecule has 2 saturated heterocycles. The minimum atomic E-state index is -0.321. The first-order chi connectivity index (χ1) is 11.6. The zero-order valence-electron chi connectivity index (χ0n) is 13.3. The second kappa shape index (κ2) is 5.99. The van der Waals surface area contributed by atoms with Gasteiger partial charge in [0, 0.05) is 44.6 Å². The molecule has 2 aliphatic rings. The van der Waals surface area contributed by atoms with E-state index in [0.29, 0.717) is 24.8 Å². The Morgan fingerprint density at radius 3 is 2.67 bits per heavy atom. The number of likely N-dealkylation sites (tertiary alicyclic amines) is 2. The van der Waals surface area contributed by atoms with Crippen molar-refractivity contribution < 1.29 is 9.90 Å². The molecule has 4 rings (SSSR count). The highest BCUT2D eigenvalue weighted by Gasteiger charge is 2.34. The third kappa shape index (κ3) is 2.59. The largest absolute Gasteiger partial charge is 0.390 e. The monoisotopic (exact) mass is 328 g/mol. The fourth-order valence-corrected chi connectivity index (χ4v) is 3.56. The molecule has 0 saturated carbocycles. The van der Waals surface area contributed by atoms with Crippen LogP contribution in [0.2, 0.25) is 0 Å². The number of aromatic nitrogens is 2. The maximum Gasteiger partial charge on any atom is 0.270 e. The minimum absolute atomic E-state index is 0.122. The van der Waals surface area contributed by atoms with Gasteiger partial charge in [0.1, 0.15) is 11.2 Å². The van der Waals surface area contributed by atoms with Gasteiger partial charge in [0.15, 0.2) is 0 Å². The molecule has 0 aromatic carbocycles. The van der Waals surface area contributed by atoms with Crippen molar-refractivity contribution in [1.29, 1.82) is 0 Å². The van der Waals surface area contributed by atoms with Crippen molar-refractivity contribution in [3.05, 3.63) is 46.5 Å². The van der Waals surface area contributed by atoms with Crippen LogP contribution in [0.5, 0.6) is 0 Å². The van der Waals surface area contributed by atoms with Crippen LogP contribution in [0.4, 0.5) is 0 Å². The SMILES string of the molecule is O=C(c1cnc2ccccn2c1=O)N1CCC(N2CC(O)C2)CC1. The molecule has 0 radical (unpaired) electrons. The molecule has 0 spiro atoms. The Morgan fingerprint density at radius 2 is 1.96 bits per heavy atom. The minimum Gasteiger partial charge on any atom is -0.390 e. The van der Waals surface area contributed by atoms with E-state index in [9.17, 15) is 14.7 Å². The molecule has 24 heavy (non-hydrogen) atoms. The average molecular weight is 328 g/mol. The maximum atomic E-state index is 12.7. The summed E-state index contributed by atoms with van der Waals surface area (Å²) in [5, 5.41) is 9.40. The summed E-state index contributed by atoms with van der Waals surface area (Å²) < 4.78 is 1.40. The van der Waals surface area contributed by atoms with Gasteiger partial charge < -0.3 is 10.0 Å². The molecule has 4 heterocycles. The van der Waals surface area contributed by atoms with E-state index in [1.54, 1.807) is 29.3 Å². The number of aliphatic hydroxyl groups is 1. The second-order valence-electron chi connectivity index (χ2n) is 6.54. The van der Waals surface area contributed by atoms with Crippen LogP contribution in [-0.2, 0) is 0 Å². The maximum absolute atomic E-state index is 12.7. The van der Waals surface area contributed by atoms with E-state index in [0.717, 1.165) is 25.9 Å². The Hall–Kier alpha value is -2.25. The van der Waals surface area contributed by atoms with Crippen molar-refractivity contribution in [3.8, 4) is 0 Å². The standard InChI is InChI=1S/C17H20N4O3/c22-13-10-20(11-13)12-4-7-19(8-5-12)16(23)14-9-18-15-3-1-2-6-21(15)17(14)24/h1-3,6,9,12-13,22H,4-5,7-8,10-11H2. The number of aliphatic hydroxyl groups excluding tert-OH is 1. The van der Waals surface area contributed by atoms with Gasteiger partial charge in [-0.1, -0.05) is 6.07 Å². The first-order valence-corrected chi connectivity index (χ1v) is 8.31. The van der Waals surface area contributed by atoms with E-state index in [1.165, 1.54) is 10.6 Å². The molecule has 2 fully saturated rings. The van der Waals surface area contributed by atoms with Gasteiger partial charge in [-0.15, -0.1) is 0 Å². The van der Waals surface area contributed by atoms with Crippen molar-refractivity contribution in [2.24, 2.45) is 0 Å². The van der Waals surface area contributed by atoms with Crippen molar-refractivity contribution in [1.82, 2.24) is 19.2 Å². The van der Waals surface area contributed by atoms with Crippen LogP contribution in [0.3, 0.4) is 0 Å². The third-order valence-electron chi connectivity index (χ3n) is 5.00. The van der Waals surface area contributed by atoms with Gasteiger partial charge in [-0.2, -0.15) is 0 Å². The first kappa shape index (κ1) is 15.3. The van der Waals surface area contributed by atoms with Crippen LogP contribution in [0.25, 0.3) is 5.65 Å². The van der Waals surface area contributed by atoms with Gasteiger partial charge in [-0.05, 0) is 25.0 Å². The Morgan fingerprint density at radius 1 is 1.21 bits per heavy atom. The van der Waals surface area contributed by atoms with E-state index >= 15 is 0 Å². The fraction of sp³-hybridized carbons (Fsp3) is 0.471. The van der Waals surface area contributed by atoms with Gasteiger partial charge in [0.25, 0.3) is 11.5 Å². The van der Waals surface area contributed by atoms with E-state index in [2.05, 4.69) is 9.88 Å². The van der Waals surface area contributed by atoms with Crippen molar-refractivity contribution in [2.75, 3.05) is 26.2 Å². The van der Waals surface area contributed by atoms with Crippen molar-refractivity contribution in [2.45, 2.75) is 25.0 Å². The summed E-state index contributed by atoms with van der Waals surface area (Å²) in [6, 6.07) is 5.72. The molecule has 1 amide bonds. The van der Waals surface area contributed by atoms with E-state index in [4.69, 9.17) is 0 Å². The summed E-state index contributed by atoms with van der Waals surface area (Å²) in [5.74, 6) is -0.243. The smallest absolute Gasteiger partial charge is 0.270 e. The van der Waals surface area contributed by atoms with Gasteiger partial charge in [-0.25, -0.2) is 4.98 Å². The molecular formula is C17H20N4O3. The fourth-order valence-electron chi connectivity index (χ4n) is 3.56. The van der Waals surface area contributed by atoms with E-state index < -0.39 is 0 Å². The Kier molecular flexibility index (Phi) is 3.82. The van der Waals surface area contributed by atoms with Crippen LogP contribution in [0.1, 0.15) is 23.2 Å². The summed E-state index contributed by atoms with van der Waals surface area (Å²) in [5.41, 5.74) is 0.337. The average Bonchev–Trinajstić information content (AvgIpc) is 2.59. The van der Waals surface area contributed by atoms with Crippen LogP contribution in [-0.4, -0.2) is 68.5 Å². The highest BCUT2D eigenvalue weighted by atomic mass is 16.3. The number of fused-ring (bicyclic) bond motifs is 1. The Balaban J connectivity index is 1.49. The zero-order valence-corrected chi connectivity index (χ0v) is 13.3. The molecule has 2 aromatic rings. The topological polar surface area (TPSA) is 78.2 Å². The molecule has 0 bridgehead atoms. The predicted molar refractivity (Wildman–Crippen MR) is 88.0 cm³/mol. The molecule has 0 unspecified atom stereocenters. The highest BCUT2D eigenvalue weighted by Crippen LogP contribution is 2.22. The van der Waals surface area contributed by atoms with Gasteiger partial charge in [-0.3, -0.25) is 18.9 Å². The van der Waals surface area contributed by atoms with Gasteiger partial charge in [0.2, 0.25) is 0 Å². The van der Waals surface area contributed by atoms with Gasteiger partial charge in [0.05, 0.1) is 6.10 Å². The van der Waals surface area contributed by atoms with E-state index in [1.807, 2.05) is 0 Å². The zero-order chi connectivity index (χ0) is 16.7. The predicted octanol–water partition coefficient (Wildman–Crippen LogP) is -0.0244. The van der Waals surface area contributed by atoms with Crippen LogP contribution < -0.4 is 5.56 Å². The molecule has 2 aromatic heterocycles. The lowest BCUT2D eigenvalue weighted by atomic mass is 9.98. The summed E-state index contributed by atoms with van der Waals surface area (Å²) in [6.45, 7) is 2.73. The van der Waals surface area contributed by atoms with Crippen molar-refractivity contribution >= 4 is 11.6 Å². The molecule has 7 heteroatoms. The second-order valence-corrected chi connectivity index (χ2v) is 6.54. The first-order valence-electron chi connectivity index (χ1n) is 8.31. The summed E-state index contributed by atoms with van der Waals surface area (Å²) >= 11 is 0. The number of carbonyl (C=O) groups excluding carboxylic acids is 1. The molecule has 0 aliphatic carbocycles. The highest BCUT2D eigenvalue weighted by molar-refractivity contribution is 5.93. The lowest BCUT2D eigenvalue weighted by molar-refractivity contribution is -0.0381. The van der Waals surface area contributed by atoms with Crippen LogP contribution in [0.15, 0.2) is 35.4 Å². The molecule has 7 nitrogen and oxygen atoms in total. The molecule has 0 atom stereocenters. The number of nitrogens with zero attached hydrogens (tertiary/aromatic N) is 4. The molecule has 1 N–H and O–H groups in total. The van der Waals surface area contributed by atoms with Crippen molar-refractivity contribution in [3.63, 3.8) is 0 Å². The Labute approximate surface area is 139 Å². The summed E-state index contributed by atoms with van der Waals surface area (Å²) in [6.07, 6.45) is 4.57. The lowest BCUT2D eigenvalue weighted by Crippen LogP contribution is -2.58. The number of β-amino-alcohol motifs (C(OH)–C–C–N with tert-alkyl or cyclic N) is 1. The van der Waals surface area contributed by atoms with Gasteiger partial charge >= 0.3 is 0 Å².